The molecule has 1 N–H and O–H groups in total. The predicted octanol–water partition coefficient (Wildman–Crippen LogP) is 4.22. The van der Waals surface area contributed by atoms with Crippen LogP contribution < -0.4 is 5.32 Å². The Morgan fingerprint density at radius 1 is 1.07 bits per heavy atom. The molecular weight excluding hydrogens is 366 g/mol. The first-order chi connectivity index (χ1) is 13.6. The smallest absolute Gasteiger partial charge is 0.173 e. The van der Waals surface area contributed by atoms with Crippen molar-refractivity contribution in [2.45, 2.75) is 26.8 Å². The van der Waals surface area contributed by atoms with Crippen LogP contribution in [0.3, 0.4) is 0 Å². The summed E-state index contributed by atoms with van der Waals surface area (Å²) in [6.45, 7) is 10.8. The Hall–Kier alpha value is -1.95. The Balaban J connectivity index is 1.63. The van der Waals surface area contributed by atoms with E-state index in [-0.39, 0.29) is 0 Å². The zero-order valence-corrected chi connectivity index (χ0v) is 17.8. The van der Waals surface area contributed by atoms with Gasteiger partial charge in [0.05, 0.1) is 13.2 Å². The highest BCUT2D eigenvalue weighted by Gasteiger charge is 2.14. The topological polar surface area (TPSA) is 27.7 Å². The fourth-order valence-corrected chi connectivity index (χ4v) is 3.79. The van der Waals surface area contributed by atoms with Crippen molar-refractivity contribution in [3.8, 4) is 0 Å². The monoisotopic (exact) mass is 397 g/mol. The number of rotatable bonds is 7. The maximum atomic E-state index is 5.78. The summed E-state index contributed by atoms with van der Waals surface area (Å²) in [5.41, 5.74) is 4.85. The standard InChI is InChI=1S/C23H31N3OS/c1-19-6-3-8-21(16-19)18-26(11-5-10-25-12-14-27-15-13-25)23(28)24-22-9-4-7-20(2)17-22/h3-4,6-9,16-17H,5,10-15,18H2,1-2H3,(H,24,28). The summed E-state index contributed by atoms with van der Waals surface area (Å²) in [6, 6.07) is 17.0. The third-order valence-electron chi connectivity index (χ3n) is 5.02. The molecule has 2 aromatic carbocycles. The fraction of sp³-hybridized carbons (Fsp3) is 0.435. The van der Waals surface area contributed by atoms with Crippen molar-refractivity contribution < 1.29 is 4.74 Å². The van der Waals surface area contributed by atoms with Gasteiger partial charge in [-0.2, -0.15) is 0 Å². The first kappa shape index (κ1) is 20.8. The van der Waals surface area contributed by atoms with Crippen molar-refractivity contribution in [1.29, 1.82) is 0 Å². The molecule has 0 aliphatic carbocycles. The van der Waals surface area contributed by atoms with E-state index in [0.29, 0.717) is 0 Å². The van der Waals surface area contributed by atoms with Crippen LogP contribution in [0.1, 0.15) is 23.1 Å². The third-order valence-corrected chi connectivity index (χ3v) is 5.38. The quantitative estimate of drug-likeness (QED) is 0.706. The van der Waals surface area contributed by atoms with Gasteiger partial charge in [0.1, 0.15) is 0 Å². The second-order valence-corrected chi connectivity index (χ2v) is 7.90. The molecule has 0 spiro atoms. The SMILES string of the molecule is Cc1cccc(CN(CCCN2CCOCC2)C(=S)Nc2cccc(C)c2)c1. The molecule has 0 unspecified atom stereocenters. The highest BCUT2D eigenvalue weighted by Crippen LogP contribution is 2.14. The largest absolute Gasteiger partial charge is 0.379 e. The summed E-state index contributed by atoms with van der Waals surface area (Å²) < 4.78 is 5.45. The fourth-order valence-electron chi connectivity index (χ4n) is 3.52. The summed E-state index contributed by atoms with van der Waals surface area (Å²) in [5, 5.41) is 4.22. The van der Waals surface area contributed by atoms with Crippen LogP contribution in [0.4, 0.5) is 5.69 Å². The number of thiocarbonyl (C=S) groups is 1. The first-order valence-corrected chi connectivity index (χ1v) is 10.5. The third kappa shape index (κ3) is 6.59. The van der Waals surface area contributed by atoms with Gasteiger partial charge in [0.2, 0.25) is 0 Å². The molecule has 28 heavy (non-hydrogen) atoms. The van der Waals surface area contributed by atoms with E-state index >= 15 is 0 Å². The second-order valence-electron chi connectivity index (χ2n) is 7.52. The number of nitrogens with one attached hydrogen (secondary N) is 1. The van der Waals surface area contributed by atoms with Crippen molar-refractivity contribution in [1.82, 2.24) is 9.80 Å². The first-order valence-electron chi connectivity index (χ1n) is 10.1. The summed E-state index contributed by atoms with van der Waals surface area (Å²) in [5.74, 6) is 0. The van der Waals surface area contributed by atoms with Gasteiger partial charge in [-0.15, -0.1) is 0 Å². The van der Waals surface area contributed by atoms with Gasteiger partial charge in [-0.25, -0.2) is 0 Å². The Morgan fingerprint density at radius 3 is 2.50 bits per heavy atom. The highest BCUT2D eigenvalue weighted by molar-refractivity contribution is 7.80. The minimum atomic E-state index is 0.786. The number of nitrogens with zero attached hydrogens (tertiary/aromatic N) is 2. The van der Waals surface area contributed by atoms with Crippen molar-refractivity contribution in [2.75, 3.05) is 44.7 Å². The van der Waals surface area contributed by atoms with Crippen LogP contribution in [0, 0.1) is 13.8 Å². The number of benzene rings is 2. The van der Waals surface area contributed by atoms with Gasteiger partial charge in [-0.1, -0.05) is 42.0 Å². The Bertz CT molecular complexity index is 774. The van der Waals surface area contributed by atoms with E-state index < -0.39 is 0 Å². The van der Waals surface area contributed by atoms with Crippen LogP contribution in [0.15, 0.2) is 48.5 Å². The molecule has 2 aromatic rings. The molecule has 4 nitrogen and oxygen atoms in total. The van der Waals surface area contributed by atoms with Crippen LogP contribution in [0.5, 0.6) is 0 Å². The van der Waals surface area contributed by atoms with Gasteiger partial charge in [-0.05, 0) is 55.7 Å². The lowest BCUT2D eigenvalue weighted by atomic mass is 10.1. The van der Waals surface area contributed by atoms with E-state index in [1.54, 1.807) is 0 Å². The van der Waals surface area contributed by atoms with E-state index in [1.165, 1.54) is 16.7 Å². The van der Waals surface area contributed by atoms with Gasteiger partial charge in [0.15, 0.2) is 5.11 Å². The summed E-state index contributed by atoms with van der Waals surface area (Å²) in [7, 11) is 0. The predicted molar refractivity (Wildman–Crippen MR) is 121 cm³/mol. The lowest BCUT2D eigenvalue weighted by Gasteiger charge is -2.30. The van der Waals surface area contributed by atoms with Gasteiger partial charge in [0, 0.05) is 38.4 Å². The summed E-state index contributed by atoms with van der Waals surface area (Å²) in [6.07, 6.45) is 1.08. The Labute approximate surface area is 174 Å². The Morgan fingerprint density at radius 2 is 1.79 bits per heavy atom. The Kier molecular flexibility index (Phi) is 7.83. The maximum absolute atomic E-state index is 5.78. The molecule has 0 amide bonds. The molecule has 3 rings (SSSR count). The highest BCUT2D eigenvalue weighted by atomic mass is 32.1. The number of anilines is 1. The van der Waals surface area contributed by atoms with Crippen LogP contribution in [0.25, 0.3) is 0 Å². The normalized spacial score (nSPS) is 14.6. The molecule has 0 radical (unpaired) electrons. The number of ether oxygens (including phenoxy) is 1. The molecule has 1 aliphatic heterocycles. The molecule has 150 valence electrons. The van der Waals surface area contributed by atoms with E-state index in [9.17, 15) is 0 Å². The van der Waals surface area contributed by atoms with E-state index in [0.717, 1.165) is 63.2 Å². The second kappa shape index (κ2) is 10.6. The maximum Gasteiger partial charge on any atom is 0.173 e. The van der Waals surface area contributed by atoms with E-state index in [4.69, 9.17) is 17.0 Å². The van der Waals surface area contributed by atoms with Crippen LogP contribution in [-0.2, 0) is 11.3 Å². The van der Waals surface area contributed by atoms with Gasteiger partial charge in [0.25, 0.3) is 0 Å². The zero-order valence-electron chi connectivity index (χ0n) is 17.0. The molecule has 0 aromatic heterocycles. The molecule has 0 saturated carbocycles. The van der Waals surface area contributed by atoms with Crippen LogP contribution >= 0.6 is 12.2 Å². The molecule has 1 saturated heterocycles. The van der Waals surface area contributed by atoms with E-state index in [1.807, 2.05) is 0 Å². The molecule has 0 bridgehead atoms. The van der Waals surface area contributed by atoms with Crippen LogP contribution in [-0.4, -0.2) is 54.3 Å². The molecule has 5 heteroatoms. The van der Waals surface area contributed by atoms with Gasteiger partial charge in [-0.3, -0.25) is 4.90 Å². The average Bonchev–Trinajstić information content (AvgIpc) is 2.68. The molecular formula is C23H31N3OS. The minimum absolute atomic E-state index is 0.786. The summed E-state index contributed by atoms with van der Waals surface area (Å²) >= 11 is 5.78. The van der Waals surface area contributed by atoms with E-state index in [2.05, 4.69) is 77.5 Å². The zero-order chi connectivity index (χ0) is 19.8. The van der Waals surface area contributed by atoms with Crippen molar-refractivity contribution in [3.05, 3.63) is 65.2 Å². The molecule has 1 heterocycles. The van der Waals surface area contributed by atoms with Crippen LogP contribution in [0.2, 0.25) is 0 Å². The lowest BCUT2D eigenvalue weighted by Crippen LogP contribution is -2.40. The molecule has 1 aliphatic rings. The van der Waals surface area contributed by atoms with Gasteiger partial charge >= 0.3 is 0 Å². The molecule has 0 atom stereocenters. The lowest BCUT2D eigenvalue weighted by molar-refractivity contribution is 0.0368. The van der Waals surface area contributed by atoms with Crippen molar-refractivity contribution >= 4 is 23.0 Å². The van der Waals surface area contributed by atoms with Gasteiger partial charge < -0.3 is 15.0 Å². The average molecular weight is 398 g/mol. The molecule has 1 fully saturated rings. The van der Waals surface area contributed by atoms with Crippen molar-refractivity contribution in [2.24, 2.45) is 0 Å². The minimum Gasteiger partial charge on any atom is -0.379 e. The number of morpholine rings is 1. The summed E-state index contributed by atoms with van der Waals surface area (Å²) in [4.78, 5) is 4.76. The number of hydrogen-bond donors (Lipinski definition) is 1. The number of aryl methyl sites for hydroxylation is 2. The van der Waals surface area contributed by atoms with Crippen molar-refractivity contribution in [3.63, 3.8) is 0 Å². The number of hydrogen-bond acceptors (Lipinski definition) is 3.